The van der Waals surface area contributed by atoms with E-state index in [0.717, 1.165) is 18.7 Å². The van der Waals surface area contributed by atoms with Gasteiger partial charge in [0.2, 0.25) is 0 Å². The van der Waals surface area contributed by atoms with Crippen LogP contribution in [0.5, 0.6) is 0 Å². The number of hydrogen-bond donors (Lipinski definition) is 1. The molecule has 1 N–H and O–H groups in total. The molecule has 0 saturated carbocycles. The van der Waals surface area contributed by atoms with Gasteiger partial charge in [0, 0.05) is 37.4 Å². The van der Waals surface area contributed by atoms with Gasteiger partial charge in [-0.25, -0.2) is 4.98 Å². The molecule has 0 bridgehead atoms. The number of carbonyl (C=O) groups excluding carboxylic acids is 1. The Morgan fingerprint density at radius 1 is 1.40 bits per heavy atom. The number of carbonyl (C=O) groups is 1. The van der Waals surface area contributed by atoms with Crippen LogP contribution in [0.4, 0.5) is 0 Å². The fourth-order valence-corrected chi connectivity index (χ4v) is 1.87. The second-order valence-electron chi connectivity index (χ2n) is 5.04. The highest BCUT2D eigenvalue weighted by molar-refractivity contribution is 5.93. The lowest BCUT2D eigenvalue weighted by Crippen LogP contribution is -2.25. The van der Waals surface area contributed by atoms with Crippen molar-refractivity contribution in [2.24, 2.45) is 0 Å². The van der Waals surface area contributed by atoms with Crippen LogP contribution in [0.3, 0.4) is 0 Å². The highest BCUT2D eigenvalue weighted by Crippen LogP contribution is 2.11. The second kappa shape index (κ2) is 6.84. The summed E-state index contributed by atoms with van der Waals surface area (Å²) in [4.78, 5) is 20.2. The van der Waals surface area contributed by atoms with Gasteiger partial charge in [0.1, 0.15) is 0 Å². The van der Waals surface area contributed by atoms with E-state index in [1.54, 1.807) is 18.7 Å². The molecule has 20 heavy (non-hydrogen) atoms. The van der Waals surface area contributed by atoms with E-state index in [9.17, 15) is 4.79 Å². The molecule has 0 saturated heterocycles. The van der Waals surface area contributed by atoms with Gasteiger partial charge >= 0.3 is 0 Å². The van der Waals surface area contributed by atoms with Gasteiger partial charge in [-0.05, 0) is 24.5 Å². The van der Waals surface area contributed by atoms with Crippen molar-refractivity contribution in [2.75, 3.05) is 6.54 Å². The van der Waals surface area contributed by atoms with Gasteiger partial charge in [-0.2, -0.15) is 0 Å². The molecular formula is C15H20N4O. The predicted molar refractivity (Wildman–Crippen MR) is 77.5 cm³/mol. The maximum absolute atomic E-state index is 11.9. The first-order valence-electron chi connectivity index (χ1n) is 6.86. The van der Waals surface area contributed by atoms with Crippen molar-refractivity contribution in [1.29, 1.82) is 0 Å². The van der Waals surface area contributed by atoms with Gasteiger partial charge < -0.3 is 9.88 Å². The van der Waals surface area contributed by atoms with Crippen LogP contribution < -0.4 is 5.32 Å². The number of nitrogens with one attached hydrogen (secondary N) is 1. The van der Waals surface area contributed by atoms with Gasteiger partial charge in [0.25, 0.3) is 5.91 Å². The van der Waals surface area contributed by atoms with E-state index < -0.39 is 0 Å². The minimum atomic E-state index is -0.0709. The zero-order chi connectivity index (χ0) is 14.4. The topological polar surface area (TPSA) is 59.8 Å². The van der Waals surface area contributed by atoms with E-state index in [1.807, 2.05) is 22.9 Å². The van der Waals surface area contributed by atoms with E-state index in [4.69, 9.17) is 0 Å². The minimum Gasteiger partial charge on any atom is -0.352 e. The standard InChI is InChI=1S/C15H20N4O/c1-12(2)14-5-4-13(10-18-14)15(20)17-6-3-8-19-9-7-16-11-19/h4-5,7,9-12H,3,6,8H2,1-2H3,(H,17,20). The van der Waals surface area contributed by atoms with Gasteiger partial charge in [0.05, 0.1) is 11.9 Å². The van der Waals surface area contributed by atoms with Crippen molar-refractivity contribution in [3.8, 4) is 0 Å². The number of hydrogen-bond acceptors (Lipinski definition) is 3. The molecular weight excluding hydrogens is 252 g/mol. The summed E-state index contributed by atoms with van der Waals surface area (Å²) in [5.74, 6) is 0.306. The van der Waals surface area contributed by atoms with Gasteiger partial charge in [-0.3, -0.25) is 9.78 Å². The van der Waals surface area contributed by atoms with Crippen LogP contribution in [0, 0.1) is 0 Å². The highest BCUT2D eigenvalue weighted by Gasteiger charge is 2.06. The second-order valence-corrected chi connectivity index (χ2v) is 5.04. The van der Waals surface area contributed by atoms with Crippen molar-refractivity contribution in [3.05, 3.63) is 48.3 Å². The monoisotopic (exact) mass is 272 g/mol. The molecule has 0 fully saturated rings. The first kappa shape index (κ1) is 14.2. The molecule has 2 aromatic rings. The van der Waals surface area contributed by atoms with E-state index in [1.165, 1.54) is 0 Å². The van der Waals surface area contributed by atoms with Crippen molar-refractivity contribution >= 4 is 5.91 Å². The summed E-state index contributed by atoms with van der Waals surface area (Å²) in [6.45, 7) is 5.66. The zero-order valence-electron chi connectivity index (χ0n) is 11.9. The highest BCUT2D eigenvalue weighted by atomic mass is 16.1. The first-order chi connectivity index (χ1) is 9.66. The molecule has 0 radical (unpaired) electrons. The Morgan fingerprint density at radius 2 is 2.25 bits per heavy atom. The molecule has 5 heteroatoms. The average molecular weight is 272 g/mol. The van der Waals surface area contributed by atoms with Crippen LogP contribution in [0.1, 0.15) is 42.2 Å². The number of nitrogens with zero attached hydrogens (tertiary/aromatic N) is 3. The van der Waals surface area contributed by atoms with Crippen molar-refractivity contribution < 1.29 is 4.79 Å². The zero-order valence-corrected chi connectivity index (χ0v) is 11.9. The maximum Gasteiger partial charge on any atom is 0.252 e. The first-order valence-corrected chi connectivity index (χ1v) is 6.86. The summed E-state index contributed by atoms with van der Waals surface area (Å²) in [7, 11) is 0. The van der Waals surface area contributed by atoms with Crippen molar-refractivity contribution in [2.45, 2.75) is 32.7 Å². The third-order valence-corrected chi connectivity index (χ3v) is 3.08. The van der Waals surface area contributed by atoms with E-state index >= 15 is 0 Å². The number of aromatic nitrogens is 3. The lowest BCUT2D eigenvalue weighted by atomic mass is 10.1. The van der Waals surface area contributed by atoms with Gasteiger partial charge in [-0.15, -0.1) is 0 Å². The number of aryl methyl sites for hydroxylation is 1. The van der Waals surface area contributed by atoms with Crippen LogP contribution in [-0.2, 0) is 6.54 Å². The largest absolute Gasteiger partial charge is 0.352 e. The lowest BCUT2D eigenvalue weighted by molar-refractivity contribution is 0.0952. The summed E-state index contributed by atoms with van der Waals surface area (Å²) in [6, 6.07) is 3.73. The molecule has 1 amide bonds. The normalized spacial score (nSPS) is 10.8. The Labute approximate surface area is 119 Å². The van der Waals surface area contributed by atoms with Gasteiger partial charge in [-0.1, -0.05) is 13.8 Å². The summed E-state index contributed by atoms with van der Waals surface area (Å²) in [5, 5.41) is 2.90. The van der Waals surface area contributed by atoms with Crippen LogP contribution in [0.15, 0.2) is 37.1 Å². The molecule has 2 heterocycles. The summed E-state index contributed by atoms with van der Waals surface area (Å²) < 4.78 is 1.99. The van der Waals surface area contributed by atoms with Crippen molar-refractivity contribution in [1.82, 2.24) is 19.9 Å². The molecule has 0 aliphatic heterocycles. The summed E-state index contributed by atoms with van der Waals surface area (Å²) in [6.07, 6.45) is 7.95. The molecule has 2 aromatic heterocycles. The molecule has 0 aromatic carbocycles. The molecule has 2 rings (SSSR count). The van der Waals surface area contributed by atoms with E-state index in [-0.39, 0.29) is 5.91 Å². The van der Waals surface area contributed by atoms with Crippen LogP contribution in [0.25, 0.3) is 0 Å². The third kappa shape index (κ3) is 3.91. The fraction of sp³-hybridized carbons (Fsp3) is 0.400. The Morgan fingerprint density at radius 3 is 2.85 bits per heavy atom. The number of pyridine rings is 1. The van der Waals surface area contributed by atoms with Crippen LogP contribution >= 0.6 is 0 Å². The SMILES string of the molecule is CC(C)c1ccc(C(=O)NCCCn2ccnc2)cn1. The van der Waals surface area contributed by atoms with Crippen LogP contribution in [0.2, 0.25) is 0 Å². The average Bonchev–Trinajstić information content (AvgIpc) is 2.96. The molecule has 0 aliphatic carbocycles. The number of imidazole rings is 1. The Hall–Kier alpha value is -2.17. The minimum absolute atomic E-state index is 0.0709. The van der Waals surface area contributed by atoms with E-state index in [0.29, 0.717) is 18.0 Å². The molecule has 0 unspecified atom stereocenters. The molecule has 0 aliphatic rings. The fourth-order valence-electron chi connectivity index (χ4n) is 1.87. The van der Waals surface area contributed by atoms with Crippen molar-refractivity contribution in [3.63, 3.8) is 0 Å². The number of rotatable bonds is 6. The van der Waals surface area contributed by atoms with E-state index in [2.05, 4.69) is 29.1 Å². The molecule has 5 nitrogen and oxygen atoms in total. The Balaban J connectivity index is 1.76. The Bertz CT molecular complexity index is 532. The predicted octanol–water partition coefficient (Wildman–Crippen LogP) is 2.22. The summed E-state index contributed by atoms with van der Waals surface area (Å²) in [5.41, 5.74) is 1.61. The quantitative estimate of drug-likeness (QED) is 0.820. The third-order valence-electron chi connectivity index (χ3n) is 3.08. The summed E-state index contributed by atoms with van der Waals surface area (Å²) >= 11 is 0. The Kier molecular flexibility index (Phi) is 4.87. The molecule has 0 spiro atoms. The lowest BCUT2D eigenvalue weighted by Gasteiger charge is -2.07. The molecule has 106 valence electrons. The smallest absolute Gasteiger partial charge is 0.252 e. The number of amides is 1. The molecule has 0 atom stereocenters. The maximum atomic E-state index is 11.9. The van der Waals surface area contributed by atoms with Gasteiger partial charge in [0.15, 0.2) is 0 Å². The van der Waals surface area contributed by atoms with Crippen LogP contribution in [-0.4, -0.2) is 27.0 Å².